The summed E-state index contributed by atoms with van der Waals surface area (Å²) in [5.74, 6) is -1.58. The predicted octanol–water partition coefficient (Wildman–Crippen LogP) is 2.00. The van der Waals surface area contributed by atoms with Gasteiger partial charge < -0.3 is 0 Å². The molecule has 0 amide bonds. The van der Waals surface area contributed by atoms with Crippen LogP contribution in [0.2, 0.25) is 0 Å². The summed E-state index contributed by atoms with van der Waals surface area (Å²) in [7, 11) is 0. The van der Waals surface area contributed by atoms with E-state index in [2.05, 4.69) is 20.4 Å². The molecule has 1 aromatic carbocycles. The minimum atomic E-state index is -0.964. The molecule has 0 aliphatic carbocycles. The van der Waals surface area contributed by atoms with Crippen molar-refractivity contribution in [2.75, 3.05) is 0 Å². The number of rotatable bonds is 2. The van der Waals surface area contributed by atoms with Gasteiger partial charge in [-0.25, -0.2) is 8.78 Å². The van der Waals surface area contributed by atoms with E-state index in [4.69, 9.17) is 0 Å². The largest absolute Gasteiger partial charge is 0.253 e. The van der Waals surface area contributed by atoms with Crippen molar-refractivity contribution < 1.29 is 8.78 Å². The molecular formula is C12H7F2N5. The van der Waals surface area contributed by atoms with E-state index in [1.54, 1.807) is 24.4 Å². The molecule has 0 unspecified atom stereocenters. The van der Waals surface area contributed by atoms with Crippen molar-refractivity contribution in [3.8, 4) is 17.2 Å². The molecule has 0 saturated heterocycles. The van der Waals surface area contributed by atoms with Crippen molar-refractivity contribution in [2.45, 2.75) is 0 Å². The summed E-state index contributed by atoms with van der Waals surface area (Å²) in [6.45, 7) is 0. The van der Waals surface area contributed by atoms with Crippen LogP contribution in [-0.4, -0.2) is 25.2 Å². The van der Waals surface area contributed by atoms with Gasteiger partial charge in [0.1, 0.15) is 5.69 Å². The van der Waals surface area contributed by atoms with Gasteiger partial charge in [0.25, 0.3) is 0 Å². The summed E-state index contributed by atoms with van der Waals surface area (Å²) in [4.78, 5) is 5.19. The molecule has 0 aliphatic rings. The minimum Gasteiger partial charge on any atom is -0.253 e. The number of nitrogens with zero attached hydrogens (tertiary/aromatic N) is 5. The van der Waals surface area contributed by atoms with E-state index in [0.29, 0.717) is 11.5 Å². The van der Waals surface area contributed by atoms with Crippen LogP contribution in [0.5, 0.6) is 0 Å². The summed E-state index contributed by atoms with van der Waals surface area (Å²) < 4.78 is 26.0. The number of aromatic nitrogens is 5. The quantitative estimate of drug-likeness (QED) is 0.706. The number of pyridine rings is 1. The Bertz CT molecular complexity index is 711. The van der Waals surface area contributed by atoms with Gasteiger partial charge in [-0.05, 0) is 29.5 Å². The number of halogens is 2. The second kappa shape index (κ2) is 4.52. The molecule has 7 heteroatoms. The zero-order valence-electron chi connectivity index (χ0n) is 9.53. The van der Waals surface area contributed by atoms with Crippen LogP contribution in [0.1, 0.15) is 0 Å². The topological polar surface area (TPSA) is 56.5 Å². The molecule has 0 fully saturated rings. The Balaban J connectivity index is 1.99. The molecule has 0 spiro atoms. The Morgan fingerprint density at radius 2 is 1.89 bits per heavy atom. The lowest BCUT2D eigenvalue weighted by Crippen LogP contribution is -2.00. The molecule has 0 aliphatic heterocycles. The van der Waals surface area contributed by atoms with Crippen molar-refractivity contribution in [3.05, 3.63) is 54.2 Å². The molecule has 0 bridgehead atoms. The van der Waals surface area contributed by atoms with Crippen LogP contribution >= 0.6 is 0 Å². The van der Waals surface area contributed by atoms with Gasteiger partial charge in [0.2, 0.25) is 5.82 Å². The maximum Gasteiger partial charge on any atom is 0.223 e. The molecular weight excluding hydrogens is 252 g/mol. The van der Waals surface area contributed by atoms with Gasteiger partial charge >= 0.3 is 0 Å². The zero-order valence-corrected chi connectivity index (χ0v) is 9.53. The Kier molecular flexibility index (Phi) is 2.71. The van der Waals surface area contributed by atoms with E-state index in [9.17, 15) is 8.78 Å². The smallest absolute Gasteiger partial charge is 0.223 e. The van der Waals surface area contributed by atoms with E-state index in [1.165, 1.54) is 6.07 Å². The van der Waals surface area contributed by atoms with Crippen LogP contribution in [0.3, 0.4) is 0 Å². The Labute approximate surface area is 106 Å². The van der Waals surface area contributed by atoms with Crippen molar-refractivity contribution in [2.24, 2.45) is 0 Å². The van der Waals surface area contributed by atoms with Gasteiger partial charge in [-0.1, -0.05) is 6.07 Å². The van der Waals surface area contributed by atoms with Crippen LogP contribution in [0.15, 0.2) is 42.6 Å². The fraction of sp³-hybridized carbons (Fsp3) is 0. The minimum absolute atomic E-state index is 0.286. The molecule has 0 saturated carbocycles. The third kappa shape index (κ3) is 2.17. The highest BCUT2D eigenvalue weighted by atomic mass is 19.2. The summed E-state index contributed by atoms with van der Waals surface area (Å²) in [5.41, 5.74) is 0.838. The second-order valence-corrected chi connectivity index (χ2v) is 3.72. The van der Waals surface area contributed by atoms with Gasteiger partial charge in [-0.2, -0.15) is 0 Å². The molecule has 5 nitrogen and oxygen atoms in total. The lowest BCUT2D eigenvalue weighted by Gasteiger charge is -1.98. The monoisotopic (exact) mass is 259 g/mol. The summed E-state index contributed by atoms with van der Waals surface area (Å²) in [6, 6.07) is 8.66. The van der Waals surface area contributed by atoms with Crippen LogP contribution < -0.4 is 0 Å². The summed E-state index contributed by atoms with van der Waals surface area (Å²) >= 11 is 0. The standard InChI is InChI=1S/C12H7F2N5/c13-9-5-4-8(7-10(9)14)19-17-12(16-18-19)11-3-1-2-6-15-11/h1-7H. The first-order valence-electron chi connectivity index (χ1n) is 5.41. The Morgan fingerprint density at radius 3 is 2.63 bits per heavy atom. The van der Waals surface area contributed by atoms with E-state index in [0.717, 1.165) is 16.9 Å². The Morgan fingerprint density at radius 1 is 1.00 bits per heavy atom. The van der Waals surface area contributed by atoms with E-state index in [1.807, 2.05) is 0 Å². The molecule has 0 N–H and O–H groups in total. The average Bonchev–Trinajstić information content (AvgIpc) is 2.93. The van der Waals surface area contributed by atoms with Crippen molar-refractivity contribution in [1.82, 2.24) is 25.2 Å². The van der Waals surface area contributed by atoms with Crippen molar-refractivity contribution in [1.29, 1.82) is 0 Å². The summed E-state index contributed by atoms with van der Waals surface area (Å²) in [6.07, 6.45) is 1.60. The highest BCUT2D eigenvalue weighted by molar-refractivity contribution is 5.47. The molecule has 3 aromatic rings. The van der Waals surface area contributed by atoms with E-state index >= 15 is 0 Å². The SMILES string of the molecule is Fc1ccc(-n2nnc(-c3ccccn3)n2)cc1F. The maximum absolute atomic E-state index is 13.1. The second-order valence-electron chi connectivity index (χ2n) is 3.72. The Hall–Kier alpha value is -2.70. The number of benzene rings is 1. The van der Waals surface area contributed by atoms with Crippen LogP contribution in [-0.2, 0) is 0 Å². The normalized spacial score (nSPS) is 10.6. The lowest BCUT2D eigenvalue weighted by atomic mass is 10.3. The molecule has 0 radical (unpaired) electrons. The van der Waals surface area contributed by atoms with Crippen LogP contribution in [0, 0.1) is 11.6 Å². The van der Waals surface area contributed by atoms with Gasteiger partial charge in [-0.15, -0.1) is 15.0 Å². The third-order valence-electron chi connectivity index (χ3n) is 2.44. The van der Waals surface area contributed by atoms with E-state index in [-0.39, 0.29) is 5.69 Å². The van der Waals surface area contributed by atoms with Gasteiger partial charge in [0, 0.05) is 12.3 Å². The first-order valence-corrected chi connectivity index (χ1v) is 5.41. The van der Waals surface area contributed by atoms with Crippen molar-refractivity contribution >= 4 is 0 Å². The molecule has 2 heterocycles. The number of tetrazole rings is 1. The molecule has 2 aromatic heterocycles. The molecule has 94 valence electrons. The first-order chi connectivity index (χ1) is 9.24. The van der Waals surface area contributed by atoms with Crippen molar-refractivity contribution in [3.63, 3.8) is 0 Å². The highest BCUT2D eigenvalue weighted by Crippen LogP contribution is 2.13. The van der Waals surface area contributed by atoms with Gasteiger partial charge in [0.05, 0.1) is 5.69 Å². The fourth-order valence-electron chi connectivity index (χ4n) is 1.53. The molecule has 3 rings (SSSR count). The number of hydrogen-bond acceptors (Lipinski definition) is 4. The third-order valence-corrected chi connectivity index (χ3v) is 2.44. The highest BCUT2D eigenvalue weighted by Gasteiger charge is 2.10. The lowest BCUT2D eigenvalue weighted by molar-refractivity contribution is 0.506. The number of hydrogen-bond donors (Lipinski definition) is 0. The first kappa shape index (κ1) is 11.4. The van der Waals surface area contributed by atoms with Crippen LogP contribution in [0.25, 0.3) is 17.2 Å². The zero-order chi connectivity index (χ0) is 13.2. The predicted molar refractivity (Wildman–Crippen MR) is 62.3 cm³/mol. The average molecular weight is 259 g/mol. The summed E-state index contributed by atoms with van der Waals surface area (Å²) in [5, 5.41) is 11.7. The molecule has 19 heavy (non-hydrogen) atoms. The fourth-order valence-corrected chi connectivity index (χ4v) is 1.53. The van der Waals surface area contributed by atoms with Gasteiger partial charge in [0.15, 0.2) is 11.6 Å². The van der Waals surface area contributed by atoms with Gasteiger partial charge in [-0.3, -0.25) is 4.98 Å². The molecule has 0 atom stereocenters. The van der Waals surface area contributed by atoms with Crippen LogP contribution in [0.4, 0.5) is 8.78 Å². The van der Waals surface area contributed by atoms with E-state index < -0.39 is 11.6 Å². The maximum atomic E-state index is 13.1.